The SMILES string of the molecule is Cc1cc(C)cc(Cn2cnc(C(N)=NO)n2)c1. The van der Waals surface area contributed by atoms with Crippen molar-refractivity contribution in [3.63, 3.8) is 0 Å². The van der Waals surface area contributed by atoms with Crippen LogP contribution < -0.4 is 5.73 Å². The average molecular weight is 245 g/mol. The largest absolute Gasteiger partial charge is 0.409 e. The number of hydrogen-bond acceptors (Lipinski definition) is 4. The summed E-state index contributed by atoms with van der Waals surface area (Å²) in [6.07, 6.45) is 1.56. The molecule has 0 aliphatic rings. The molecular formula is C12H15N5O. The molecule has 0 saturated carbocycles. The third kappa shape index (κ3) is 2.65. The van der Waals surface area contributed by atoms with Crippen molar-refractivity contribution in [2.24, 2.45) is 10.9 Å². The van der Waals surface area contributed by atoms with E-state index >= 15 is 0 Å². The van der Waals surface area contributed by atoms with E-state index in [0.29, 0.717) is 6.54 Å². The van der Waals surface area contributed by atoms with Gasteiger partial charge in [-0.15, -0.1) is 5.10 Å². The van der Waals surface area contributed by atoms with Gasteiger partial charge >= 0.3 is 0 Å². The number of aromatic nitrogens is 3. The fraction of sp³-hybridized carbons (Fsp3) is 0.250. The lowest BCUT2D eigenvalue weighted by Crippen LogP contribution is -2.15. The number of benzene rings is 1. The van der Waals surface area contributed by atoms with Crippen LogP contribution in [0, 0.1) is 13.8 Å². The Labute approximate surface area is 105 Å². The minimum Gasteiger partial charge on any atom is -0.409 e. The highest BCUT2D eigenvalue weighted by atomic mass is 16.4. The van der Waals surface area contributed by atoms with Crippen molar-refractivity contribution in [2.75, 3.05) is 0 Å². The highest BCUT2D eigenvalue weighted by Crippen LogP contribution is 2.10. The third-order valence-corrected chi connectivity index (χ3v) is 2.50. The molecule has 6 nitrogen and oxygen atoms in total. The van der Waals surface area contributed by atoms with E-state index in [9.17, 15) is 0 Å². The van der Waals surface area contributed by atoms with Crippen LogP contribution in [0.1, 0.15) is 22.5 Å². The number of hydrogen-bond donors (Lipinski definition) is 2. The van der Waals surface area contributed by atoms with Gasteiger partial charge in [-0.05, 0) is 19.4 Å². The van der Waals surface area contributed by atoms with Crippen LogP contribution in [-0.2, 0) is 6.54 Å². The van der Waals surface area contributed by atoms with E-state index < -0.39 is 0 Å². The molecular weight excluding hydrogens is 230 g/mol. The van der Waals surface area contributed by atoms with E-state index in [0.717, 1.165) is 5.56 Å². The van der Waals surface area contributed by atoms with Crippen molar-refractivity contribution >= 4 is 5.84 Å². The number of aryl methyl sites for hydroxylation is 2. The molecule has 2 aromatic rings. The summed E-state index contributed by atoms with van der Waals surface area (Å²) in [5, 5.41) is 15.5. The smallest absolute Gasteiger partial charge is 0.219 e. The van der Waals surface area contributed by atoms with Crippen LogP contribution in [0.4, 0.5) is 0 Å². The molecule has 0 spiro atoms. The van der Waals surface area contributed by atoms with E-state index in [2.05, 4.69) is 47.3 Å². The van der Waals surface area contributed by atoms with Gasteiger partial charge in [0.05, 0.1) is 6.54 Å². The predicted octanol–water partition coefficient (Wildman–Crippen LogP) is 1.04. The first-order chi connectivity index (χ1) is 8.58. The van der Waals surface area contributed by atoms with Gasteiger partial charge < -0.3 is 10.9 Å². The first-order valence-electron chi connectivity index (χ1n) is 5.53. The maximum Gasteiger partial charge on any atom is 0.219 e. The molecule has 1 heterocycles. The van der Waals surface area contributed by atoms with Gasteiger partial charge in [-0.25, -0.2) is 9.67 Å². The predicted molar refractivity (Wildman–Crippen MR) is 67.6 cm³/mol. The monoisotopic (exact) mass is 245 g/mol. The van der Waals surface area contributed by atoms with Gasteiger partial charge in [-0.3, -0.25) is 0 Å². The molecule has 94 valence electrons. The fourth-order valence-electron chi connectivity index (χ4n) is 1.88. The zero-order valence-corrected chi connectivity index (χ0v) is 10.3. The molecule has 0 saturated heterocycles. The molecule has 0 bridgehead atoms. The van der Waals surface area contributed by atoms with Gasteiger partial charge in [-0.2, -0.15) is 0 Å². The molecule has 1 aromatic heterocycles. The zero-order chi connectivity index (χ0) is 13.1. The van der Waals surface area contributed by atoms with E-state index in [1.54, 1.807) is 11.0 Å². The Morgan fingerprint density at radius 3 is 2.61 bits per heavy atom. The minimum atomic E-state index is -0.0887. The number of nitrogens with zero attached hydrogens (tertiary/aromatic N) is 4. The summed E-state index contributed by atoms with van der Waals surface area (Å²) in [6, 6.07) is 6.31. The molecule has 3 N–H and O–H groups in total. The summed E-state index contributed by atoms with van der Waals surface area (Å²) < 4.78 is 1.65. The molecule has 0 fully saturated rings. The van der Waals surface area contributed by atoms with E-state index in [4.69, 9.17) is 10.9 Å². The molecule has 1 aromatic carbocycles. The first-order valence-corrected chi connectivity index (χ1v) is 5.53. The van der Waals surface area contributed by atoms with E-state index in [-0.39, 0.29) is 11.7 Å². The second-order valence-corrected chi connectivity index (χ2v) is 4.25. The standard InChI is InChI=1S/C12H15N5O/c1-8-3-9(2)5-10(4-8)6-17-7-14-12(15-17)11(13)16-18/h3-5,7,18H,6H2,1-2H3,(H2,13,16). The Balaban J connectivity index is 2.21. The van der Waals surface area contributed by atoms with Gasteiger partial charge in [-0.1, -0.05) is 34.5 Å². The second-order valence-electron chi connectivity index (χ2n) is 4.25. The summed E-state index contributed by atoms with van der Waals surface area (Å²) in [7, 11) is 0. The van der Waals surface area contributed by atoms with Crippen LogP contribution in [0.2, 0.25) is 0 Å². The lowest BCUT2D eigenvalue weighted by Gasteiger charge is -2.04. The van der Waals surface area contributed by atoms with Gasteiger partial charge in [0.2, 0.25) is 11.7 Å². The number of amidine groups is 1. The van der Waals surface area contributed by atoms with Crippen molar-refractivity contribution in [1.29, 1.82) is 0 Å². The van der Waals surface area contributed by atoms with Crippen molar-refractivity contribution in [2.45, 2.75) is 20.4 Å². The summed E-state index contributed by atoms with van der Waals surface area (Å²) in [5.41, 5.74) is 8.97. The quantitative estimate of drug-likeness (QED) is 0.366. The van der Waals surface area contributed by atoms with Crippen molar-refractivity contribution < 1.29 is 5.21 Å². The summed E-state index contributed by atoms with van der Waals surface area (Å²) in [5.74, 6) is 0.135. The highest BCUT2D eigenvalue weighted by molar-refractivity contribution is 5.93. The summed E-state index contributed by atoms with van der Waals surface area (Å²) in [4.78, 5) is 3.96. The van der Waals surface area contributed by atoms with Gasteiger partial charge in [0.25, 0.3) is 0 Å². The molecule has 18 heavy (non-hydrogen) atoms. The van der Waals surface area contributed by atoms with Crippen molar-refractivity contribution in [1.82, 2.24) is 14.8 Å². The Hall–Kier alpha value is -2.37. The van der Waals surface area contributed by atoms with E-state index in [1.807, 2.05) is 0 Å². The zero-order valence-electron chi connectivity index (χ0n) is 10.3. The van der Waals surface area contributed by atoms with E-state index in [1.165, 1.54) is 11.1 Å². The lowest BCUT2D eigenvalue weighted by molar-refractivity contribution is 0.318. The van der Waals surface area contributed by atoms with Crippen LogP contribution in [0.5, 0.6) is 0 Å². The van der Waals surface area contributed by atoms with Crippen LogP contribution >= 0.6 is 0 Å². The molecule has 0 unspecified atom stereocenters. The Bertz CT molecular complexity index is 568. The molecule has 6 heteroatoms. The first kappa shape index (κ1) is 12.1. The Morgan fingerprint density at radius 2 is 2.00 bits per heavy atom. The van der Waals surface area contributed by atoms with Crippen LogP contribution in [0.25, 0.3) is 0 Å². The van der Waals surface area contributed by atoms with Crippen LogP contribution in [-0.4, -0.2) is 25.8 Å². The Morgan fingerprint density at radius 1 is 1.33 bits per heavy atom. The summed E-state index contributed by atoms with van der Waals surface area (Å²) >= 11 is 0. The molecule has 0 atom stereocenters. The summed E-state index contributed by atoms with van der Waals surface area (Å²) in [6.45, 7) is 4.72. The molecule has 0 aliphatic heterocycles. The fourth-order valence-corrected chi connectivity index (χ4v) is 1.88. The maximum atomic E-state index is 8.53. The van der Waals surface area contributed by atoms with Gasteiger partial charge in [0, 0.05) is 0 Å². The van der Waals surface area contributed by atoms with Crippen molar-refractivity contribution in [3.8, 4) is 0 Å². The van der Waals surface area contributed by atoms with Crippen LogP contribution in [0.3, 0.4) is 0 Å². The topological polar surface area (TPSA) is 89.3 Å². The number of rotatable bonds is 3. The van der Waals surface area contributed by atoms with Crippen molar-refractivity contribution in [3.05, 3.63) is 47.0 Å². The molecule has 0 amide bonds. The molecule has 0 radical (unpaired) electrons. The minimum absolute atomic E-state index is 0.0887. The average Bonchev–Trinajstić information content (AvgIpc) is 2.75. The Kier molecular flexibility index (Phi) is 3.27. The number of oxime groups is 1. The third-order valence-electron chi connectivity index (χ3n) is 2.50. The van der Waals surface area contributed by atoms with Gasteiger partial charge in [0.1, 0.15) is 6.33 Å². The molecule has 0 aliphatic carbocycles. The normalized spacial score (nSPS) is 11.8. The van der Waals surface area contributed by atoms with Crippen LogP contribution in [0.15, 0.2) is 29.7 Å². The second kappa shape index (κ2) is 4.87. The lowest BCUT2D eigenvalue weighted by atomic mass is 10.1. The maximum absolute atomic E-state index is 8.53. The van der Waals surface area contributed by atoms with Gasteiger partial charge in [0.15, 0.2) is 0 Å². The highest BCUT2D eigenvalue weighted by Gasteiger charge is 2.06. The number of nitrogens with two attached hydrogens (primary N) is 1. The molecule has 2 rings (SSSR count).